The van der Waals surface area contributed by atoms with E-state index in [2.05, 4.69) is 12.1 Å². The number of hydrogen-bond acceptors (Lipinski definition) is 2. The summed E-state index contributed by atoms with van der Waals surface area (Å²) in [6, 6.07) is 11.8. The zero-order valence-corrected chi connectivity index (χ0v) is 11.8. The second-order valence-electron chi connectivity index (χ2n) is 4.75. The predicted octanol–water partition coefficient (Wildman–Crippen LogP) is 4.18. The van der Waals surface area contributed by atoms with E-state index in [1.165, 1.54) is 0 Å². The average molecular weight is 254 g/mol. The van der Waals surface area contributed by atoms with E-state index in [1.54, 1.807) is 14.0 Å². The van der Waals surface area contributed by atoms with Crippen molar-refractivity contribution in [3.05, 3.63) is 53.1 Å². The molecule has 0 unspecified atom stereocenters. The Morgan fingerprint density at radius 1 is 1.05 bits per heavy atom. The van der Waals surface area contributed by atoms with Crippen molar-refractivity contribution >= 4 is 5.78 Å². The lowest BCUT2D eigenvalue weighted by Crippen LogP contribution is -1.97. The molecule has 2 aromatic carbocycles. The molecule has 19 heavy (non-hydrogen) atoms. The minimum atomic E-state index is 0.0849. The van der Waals surface area contributed by atoms with Crippen LogP contribution in [0.5, 0.6) is 5.75 Å². The van der Waals surface area contributed by atoms with Crippen molar-refractivity contribution in [2.75, 3.05) is 7.11 Å². The normalized spacial score (nSPS) is 10.3. The van der Waals surface area contributed by atoms with Gasteiger partial charge in [-0.25, -0.2) is 0 Å². The molecule has 0 aliphatic rings. The third-order valence-corrected chi connectivity index (χ3v) is 3.28. The fraction of sp³-hybridized carbons (Fsp3) is 0.235. The van der Waals surface area contributed by atoms with Crippen LogP contribution in [0.1, 0.15) is 28.4 Å². The van der Waals surface area contributed by atoms with E-state index >= 15 is 0 Å². The predicted molar refractivity (Wildman–Crippen MR) is 77.9 cm³/mol. The van der Waals surface area contributed by atoms with E-state index in [-0.39, 0.29) is 5.78 Å². The first-order valence-electron chi connectivity index (χ1n) is 6.30. The molecule has 0 atom stereocenters. The first-order valence-corrected chi connectivity index (χ1v) is 6.30. The number of methoxy groups -OCH3 is 1. The van der Waals surface area contributed by atoms with Crippen LogP contribution in [-0.2, 0) is 0 Å². The van der Waals surface area contributed by atoms with Gasteiger partial charge in [0.25, 0.3) is 0 Å². The largest absolute Gasteiger partial charge is 0.496 e. The second-order valence-corrected chi connectivity index (χ2v) is 4.75. The van der Waals surface area contributed by atoms with Gasteiger partial charge in [0.05, 0.1) is 7.11 Å². The zero-order valence-electron chi connectivity index (χ0n) is 11.8. The van der Waals surface area contributed by atoms with Gasteiger partial charge in [0.15, 0.2) is 5.78 Å². The van der Waals surface area contributed by atoms with Gasteiger partial charge in [0, 0.05) is 5.56 Å². The monoisotopic (exact) mass is 254 g/mol. The van der Waals surface area contributed by atoms with Crippen molar-refractivity contribution in [2.24, 2.45) is 0 Å². The van der Waals surface area contributed by atoms with Crippen LogP contribution in [0.2, 0.25) is 0 Å². The van der Waals surface area contributed by atoms with E-state index in [1.807, 2.05) is 38.1 Å². The van der Waals surface area contributed by atoms with Crippen LogP contribution in [0.3, 0.4) is 0 Å². The molecule has 0 bridgehead atoms. The highest BCUT2D eigenvalue weighted by Gasteiger charge is 2.11. The Morgan fingerprint density at radius 3 is 2.16 bits per heavy atom. The van der Waals surface area contributed by atoms with Gasteiger partial charge in [-0.2, -0.15) is 0 Å². The fourth-order valence-electron chi connectivity index (χ4n) is 2.47. The number of aryl methyl sites for hydroxylation is 2. The number of carbonyl (C=O) groups is 1. The molecule has 0 radical (unpaired) electrons. The quantitative estimate of drug-likeness (QED) is 0.768. The Morgan fingerprint density at radius 2 is 1.63 bits per heavy atom. The summed E-state index contributed by atoms with van der Waals surface area (Å²) >= 11 is 0. The first-order chi connectivity index (χ1) is 9.04. The van der Waals surface area contributed by atoms with E-state index < -0.39 is 0 Å². The number of Topliss-reactive ketones (excluding diaryl/α,β-unsaturated/α-hetero) is 1. The van der Waals surface area contributed by atoms with Gasteiger partial charge in [-0.15, -0.1) is 0 Å². The van der Waals surface area contributed by atoms with Crippen LogP contribution in [0, 0.1) is 13.8 Å². The maximum atomic E-state index is 11.7. The van der Waals surface area contributed by atoms with Crippen LogP contribution in [0.15, 0.2) is 36.4 Å². The van der Waals surface area contributed by atoms with Crippen LogP contribution < -0.4 is 4.74 Å². The molecule has 0 fully saturated rings. The molecule has 2 rings (SSSR count). The van der Waals surface area contributed by atoms with Crippen LogP contribution in [-0.4, -0.2) is 12.9 Å². The summed E-state index contributed by atoms with van der Waals surface area (Å²) in [6.45, 7) is 5.64. The number of ketones is 1. The van der Waals surface area contributed by atoms with Crippen molar-refractivity contribution in [2.45, 2.75) is 20.8 Å². The van der Waals surface area contributed by atoms with E-state index in [4.69, 9.17) is 4.74 Å². The Bertz CT molecular complexity index is 604. The zero-order chi connectivity index (χ0) is 14.0. The van der Waals surface area contributed by atoms with Gasteiger partial charge >= 0.3 is 0 Å². The molecule has 0 heterocycles. The molecule has 0 aromatic heterocycles. The van der Waals surface area contributed by atoms with Gasteiger partial charge in [-0.1, -0.05) is 24.3 Å². The highest BCUT2D eigenvalue weighted by atomic mass is 16.5. The molecule has 98 valence electrons. The van der Waals surface area contributed by atoms with E-state index in [9.17, 15) is 4.79 Å². The maximum Gasteiger partial charge on any atom is 0.160 e. The van der Waals surface area contributed by atoms with Crippen LogP contribution in [0.4, 0.5) is 0 Å². The van der Waals surface area contributed by atoms with Crippen LogP contribution >= 0.6 is 0 Å². The molecule has 0 aliphatic carbocycles. The molecule has 2 nitrogen and oxygen atoms in total. The summed E-state index contributed by atoms with van der Waals surface area (Å²) in [7, 11) is 1.68. The van der Waals surface area contributed by atoms with Crippen molar-refractivity contribution in [1.82, 2.24) is 0 Å². The second kappa shape index (κ2) is 5.27. The average Bonchev–Trinajstić information content (AvgIpc) is 2.38. The van der Waals surface area contributed by atoms with E-state index in [0.29, 0.717) is 0 Å². The molecule has 0 amide bonds. The highest BCUT2D eigenvalue weighted by Crippen LogP contribution is 2.31. The highest BCUT2D eigenvalue weighted by molar-refractivity contribution is 6.00. The third kappa shape index (κ3) is 2.53. The summed E-state index contributed by atoms with van der Waals surface area (Å²) in [5.41, 5.74) is 4.95. The number of ether oxygens (including phenoxy) is 1. The summed E-state index contributed by atoms with van der Waals surface area (Å²) < 4.78 is 5.38. The molecule has 0 aliphatic heterocycles. The standard InChI is InChI=1S/C17H18O2/c1-11-9-14(10-12(2)17(11)19-4)16-8-6-5-7-15(16)13(3)18/h5-10H,1-4H3. The maximum absolute atomic E-state index is 11.7. The van der Waals surface area contributed by atoms with Gasteiger partial charge in [0.2, 0.25) is 0 Å². The van der Waals surface area contributed by atoms with Gasteiger partial charge in [-0.3, -0.25) is 4.79 Å². The fourth-order valence-corrected chi connectivity index (χ4v) is 2.47. The number of rotatable bonds is 3. The Balaban J connectivity index is 2.63. The van der Waals surface area contributed by atoms with Gasteiger partial charge < -0.3 is 4.74 Å². The van der Waals surface area contributed by atoms with Gasteiger partial charge in [-0.05, 0) is 55.2 Å². The summed E-state index contributed by atoms with van der Waals surface area (Å²) in [5.74, 6) is 0.991. The molecular weight excluding hydrogens is 236 g/mol. The van der Waals surface area contributed by atoms with Crippen molar-refractivity contribution in [3.8, 4) is 16.9 Å². The Kier molecular flexibility index (Phi) is 3.70. The molecule has 0 saturated heterocycles. The number of hydrogen-bond donors (Lipinski definition) is 0. The molecule has 0 N–H and O–H groups in total. The summed E-state index contributed by atoms with van der Waals surface area (Å²) in [6.07, 6.45) is 0. The Labute approximate surface area is 114 Å². The topological polar surface area (TPSA) is 26.3 Å². The molecule has 0 spiro atoms. The number of benzene rings is 2. The molecular formula is C17H18O2. The van der Waals surface area contributed by atoms with Crippen molar-refractivity contribution in [1.29, 1.82) is 0 Å². The molecule has 0 saturated carbocycles. The van der Waals surface area contributed by atoms with Crippen LogP contribution in [0.25, 0.3) is 11.1 Å². The van der Waals surface area contributed by atoms with Crippen molar-refractivity contribution < 1.29 is 9.53 Å². The summed E-state index contributed by atoms with van der Waals surface area (Å²) in [4.78, 5) is 11.7. The van der Waals surface area contributed by atoms with E-state index in [0.717, 1.165) is 33.6 Å². The lowest BCUT2D eigenvalue weighted by molar-refractivity contribution is 0.101. The molecule has 2 aromatic rings. The lowest BCUT2D eigenvalue weighted by atomic mass is 9.94. The smallest absolute Gasteiger partial charge is 0.160 e. The minimum absolute atomic E-state index is 0.0849. The number of carbonyl (C=O) groups excluding carboxylic acids is 1. The lowest BCUT2D eigenvalue weighted by Gasteiger charge is -2.13. The first kappa shape index (κ1) is 13.3. The van der Waals surface area contributed by atoms with Gasteiger partial charge in [0.1, 0.15) is 5.75 Å². The summed E-state index contributed by atoms with van der Waals surface area (Å²) in [5, 5.41) is 0. The minimum Gasteiger partial charge on any atom is -0.496 e. The molecule has 2 heteroatoms. The Hall–Kier alpha value is -2.09. The third-order valence-electron chi connectivity index (χ3n) is 3.28. The van der Waals surface area contributed by atoms with Crippen molar-refractivity contribution in [3.63, 3.8) is 0 Å². The SMILES string of the molecule is COc1c(C)cc(-c2ccccc2C(C)=O)cc1C.